The first-order valence-electron chi connectivity index (χ1n) is 11.6. The summed E-state index contributed by atoms with van der Waals surface area (Å²) in [6.45, 7) is 0.868. The number of methoxy groups -OCH3 is 2. The van der Waals surface area contributed by atoms with Gasteiger partial charge in [0.2, 0.25) is 5.91 Å². The maximum Gasteiger partial charge on any atom is 0.261 e. The van der Waals surface area contributed by atoms with Crippen LogP contribution >= 0.6 is 11.6 Å². The molecular formula is C28H31ClN2O5. The molecule has 0 fully saturated rings. The highest BCUT2D eigenvalue weighted by molar-refractivity contribution is 6.32. The Bertz CT molecular complexity index is 1110. The van der Waals surface area contributed by atoms with Crippen LogP contribution in [0.3, 0.4) is 0 Å². The van der Waals surface area contributed by atoms with Crippen molar-refractivity contribution < 1.29 is 23.8 Å². The Morgan fingerprint density at radius 2 is 1.64 bits per heavy atom. The van der Waals surface area contributed by atoms with Gasteiger partial charge >= 0.3 is 0 Å². The minimum Gasteiger partial charge on any atom is -0.497 e. The minimum absolute atomic E-state index is 0.194. The van der Waals surface area contributed by atoms with E-state index in [2.05, 4.69) is 5.32 Å². The van der Waals surface area contributed by atoms with Crippen molar-refractivity contribution in [3.05, 3.63) is 95.0 Å². The SMILES string of the molecule is COCCCNC(=O)C(c1ccccc1)N(Cc1ccc(OC)cc1)C(=O)COc1ccccc1Cl. The molecule has 2 amide bonds. The van der Waals surface area contributed by atoms with Gasteiger partial charge in [-0.1, -0.05) is 66.2 Å². The minimum atomic E-state index is -0.863. The number of benzene rings is 3. The van der Waals surface area contributed by atoms with E-state index in [1.54, 1.807) is 38.5 Å². The number of hydrogen-bond donors (Lipinski definition) is 1. The van der Waals surface area contributed by atoms with Crippen molar-refractivity contribution >= 4 is 23.4 Å². The Balaban J connectivity index is 1.90. The fourth-order valence-electron chi connectivity index (χ4n) is 3.67. The average molecular weight is 511 g/mol. The summed E-state index contributed by atoms with van der Waals surface area (Å²) in [4.78, 5) is 28.6. The smallest absolute Gasteiger partial charge is 0.261 e. The van der Waals surface area contributed by atoms with Crippen LogP contribution in [0.4, 0.5) is 0 Å². The van der Waals surface area contributed by atoms with Gasteiger partial charge < -0.3 is 24.4 Å². The first-order valence-corrected chi connectivity index (χ1v) is 12.0. The van der Waals surface area contributed by atoms with Crippen LogP contribution in [0, 0.1) is 0 Å². The first kappa shape index (κ1) is 27.0. The molecule has 1 atom stereocenters. The molecule has 0 aliphatic rings. The molecule has 3 aromatic rings. The number of carbonyl (C=O) groups excluding carboxylic acids is 2. The Morgan fingerprint density at radius 3 is 2.31 bits per heavy atom. The third kappa shape index (κ3) is 7.73. The van der Waals surface area contributed by atoms with Crippen molar-refractivity contribution in [3.63, 3.8) is 0 Å². The van der Waals surface area contributed by atoms with Gasteiger partial charge in [0.25, 0.3) is 5.91 Å². The van der Waals surface area contributed by atoms with Gasteiger partial charge in [-0.2, -0.15) is 0 Å². The predicted molar refractivity (Wildman–Crippen MR) is 139 cm³/mol. The second kappa shape index (κ2) is 14.1. The second-order valence-corrected chi connectivity index (χ2v) is 8.45. The quantitative estimate of drug-likeness (QED) is 0.339. The normalized spacial score (nSPS) is 11.4. The third-order valence-corrected chi connectivity index (χ3v) is 5.83. The van der Waals surface area contributed by atoms with Gasteiger partial charge in [-0.15, -0.1) is 0 Å². The third-order valence-electron chi connectivity index (χ3n) is 5.52. The molecule has 0 aromatic heterocycles. The zero-order chi connectivity index (χ0) is 25.8. The van der Waals surface area contributed by atoms with Crippen LogP contribution in [0.15, 0.2) is 78.9 Å². The lowest BCUT2D eigenvalue weighted by molar-refractivity contribution is -0.143. The van der Waals surface area contributed by atoms with Crippen LogP contribution in [0.2, 0.25) is 5.02 Å². The molecule has 0 spiro atoms. The number of hydrogen-bond acceptors (Lipinski definition) is 5. The molecule has 190 valence electrons. The zero-order valence-corrected chi connectivity index (χ0v) is 21.2. The maximum atomic E-state index is 13.6. The monoisotopic (exact) mass is 510 g/mol. The van der Waals surface area contributed by atoms with E-state index in [1.807, 2.05) is 54.6 Å². The number of nitrogens with zero attached hydrogens (tertiary/aromatic N) is 1. The lowest BCUT2D eigenvalue weighted by Crippen LogP contribution is -2.45. The molecule has 0 aliphatic heterocycles. The van der Waals surface area contributed by atoms with Gasteiger partial charge in [-0.05, 0) is 41.8 Å². The molecule has 36 heavy (non-hydrogen) atoms. The van der Waals surface area contributed by atoms with Crippen LogP contribution in [0.25, 0.3) is 0 Å². The lowest BCUT2D eigenvalue weighted by atomic mass is 10.0. The second-order valence-electron chi connectivity index (χ2n) is 8.04. The molecule has 0 bridgehead atoms. The van der Waals surface area contributed by atoms with Crippen LogP contribution < -0.4 is 14.8 Å². The largest absolute Gasteiger partial charge is 0.497 e. The highest BCUT2D eigenvalue weighted by Crippen LogP contribution is 2.26. The van der Waals surface area contributed by atoms with Gasteiger partial charge in [0.1, 0.15) is 17.5 Å². The van der Waals surface area contributed by atoms with E-state index in [4.69, 9.17) is 25.8 Å². The van der Waals surface area contributed by atoms with E-state index in [9.17, 15) is 9.59 Å². The molecule has 0 radical (unpaired) electrons. The van der Waals surface area contributed by atoms with Crippen LogP contribution in [-0.4, -0.2) is 50.7 Å². The number of rotatable bonds is 13. The van der Waals surface area contributed by atoms with E-state index < -0.39 is 6.04 Å². The molecule has 3 rings (SSSR count). The van der Waals surface area contributed by atoms with E-state index in [0.29, 0.717) is 41.7 Å². The van der Waals surface area contributed by atoms with E-state index in [0.717, 1.165) is 5.56 Å². The number of nitrogens with one attached hydrogen (secondary N) is 1. The van der Waals surface area contributed by atoms with E-state index in [1.165, 1.54) is 4.90 Å². The number of ether oxygens (including phenoxy) is 3. The molecule has 0 aliphatic carbocycles. The number of halogens is 1. The van der Waals surface area contributed by atoms with Gasteiger partial charge in [0, 0.05) is 26.8 Å². The summed E-state index contributed by atoms with van der Waals surface area (Å²) in [6, 6.07) is 22.7. The van der Waals surface area contributed by atoms with Crippen LogP contribution in [0.5, 0.6) is 11.5 Å². The molecule has 3 aromatic carbocycles. The Labute approximate surface area is 216 Å². The summed E-state index contributed by atoms with van der Waals surface area (Å²) in [5, 5.41) is 3.35. The van der Waals surface area contributed by atoms with Gasteiger partial charge in [-0.25, -0.2) is 0 Å². The van der Waals surface area contributed by atoms with Crippen molar-refractivity contribution in [1.29, 1.82) is 0 Å². The van der Waals surface area contributed by atoms with Gasteiger partial charge in [-0.3, -0.25) is 9.59 Å². The molecule has 1 unspecified atom stereocenters. The Kier molecular flexibility index (Phi) is 10.6. The standard InChI is InChI=1S/C28H31ClN2O5/c1-34-18-8-17-30-28(33)27(22-9-4-3-5-10-22)31(19-21-13-15-23(35-2)16-14-21)26(32)20-36-25-12-7-6-11-24(25)29/h3-7,9-16,27H,8,17-20H2,1-2H3,(H,30,33). The summed E-state index contributed by atoms with van der Waals surface area (Å²) in [5.41, 5.74) is 1.54. The summed E-state index contributed by atoms with van der Waals surface area (Å²) in [6.07, 6.45) is 0.659. The number of amides is 2. The predicted octanol–water partition coefficient (Wildman–Crippen LogP) is 4.65. The van der Waals surface area contributed by atoms with E-state index in [-0.39, 0.29) is 25.0 Å². The number of carbonyl (C=O) groups is 2. The Morgan fingerprint density at radius 1 is 0.944 bits per heavy atom. The maximum absolute atomic E-state index is 13.6. The lowest BCUT2D eigenvalue weighted by Gasteiger charge is -2.31. The average Bonchev–Trinajstić information content (AvgIpc) is 2.91. The molecule has 7 nitrogen and oxygen atoms in total. The van der Waals surface area contributed by atoms with E-state index >= 15 is 0 Å². The summed E-state index contributed by atoms with van der Waals surface area (Å²) < 4.78 is 16.1. The number of para-hydroxylation sites is 1. The van der Waals surface area contributed by atoms with Gasteiger partial charge in [0.05, 0.1) is 12.1 Å². The topological polar surface area (TPSA) is 77.1 Å². The molecule has 8 heteroatoms. The fourth-order valence-corrected chi connectivity index (χ4v) is 3.86. The Hall–Kier alpha value is -3.55. The summed E-state index contributed by atoms with van der Waals surface area (Å²) in [5.74, 6) is 0.468. The van der Waals surface area contributed by atoms with Crippen molar-refractivity contribution in [3.8, 4) is 11.5 Å². The van der Waals surface area contributed by atoms with Crippen molar-refractivity contribution in [2.75, 3.05) is 34.0 Å². The summed E-state index contributed by atoms with van der Waals surface area (Å²) >= 11 is 6.20. The van der Waals surface area contributed by atoms with Crippen molar-refractivity contribution in [2.45, 2.75) is 19.0 Å². The van der Waals surface area contributed by atoms with Crippen LogP contribution in [0.1, 0.15) is 23.6 Å². The first-order chi connectivity index (χ1) is 17.5. The van der Waals surface area contributed by atoms with Crippen LogP contribution in [-0.2, 0) is 20.9 Å². The molecule has 0 saturated carbocycles. The summed E-state index contributed by atoms with van der Waals surface area (Å²) in [7, 11) is 3.21. The van der Waals surface area contributed by atoms with Crippen molar-refractivity contribution in [2.24, 2.45) is 0 Å². The molecule has 0 saturated heterocycles. The molecule has 1 N–H and O–H groups in total. The highest BCUT2D eigenvalue weighted by atomic mass is 35.5. The zero-order valence-electron chi connectivity index (χ0n) is 20.5. The molecular weight excluding hydrogens is 480 g/mol. The molecule has 0 heterocycles. The van der Waals surface area contributed by atoms with Crippen molar-refractivity contribution in [1.82, 2.24) is 10.2 Å². The highest BCUT2D eigenvalue weighted by Gasteiger charge is 2.31. The fraction of sp³-hybridized carbons (Fsp3) is 0.286. The van der Waals surface area contributed by atoms with Gasteiger partial charge in [0.15, 0.2) is 6.61 Å².